The molecule has 0 aliphatic heterocycles. The summed E-state index contributed by atoms with van der Waals surface area (Å²) in [7, 11) is 0. The third kappa shape index (κ3) is 4.09. The first-order valence-electron chi connectivity index (χ1n) is 6.50. The van der Waals surface area contributed by atoms with E-state index in [9.17, 15) is 0 Å². The zero-order valence-electron chi connectivity index (χ0n) is 11.2. The Hall–Kier alpha value is -1.30. The summed E-state index contributed by atoms with van der Waals surface area (Å²) >= 11 is 1.45. The van der Waals surface area contributed by atoms with Crippen LogP contribution in [0, 0.1) is 6.92 Å². The molecule has 0 amide bonds. The monoisotopic (exact) mass is 276 g/mol. The first-order chi connectivity index (χ1) is 9.19. The van der Waals surface area contributed by atoms with Crippen molar-refractivity contribution in [3.05, 3.63) is 46.2 Å². The highest BCUT2D eigenvalue weighted by Crippen LogP contribution is 2.14. The fraction of sp³-hybridized carbons (Fsp3) is 0.429. The summed E-state index contributed by atoms with van der Waals surface area (Å²) in [6, 6.07) is 8.41. The summed E-state index contributed by atoms with van der Waals surface area (Å²) in [5.74, 6) is 0.884. The molecule has 1 aromatic heterocycles. The maximum atomic E-state index is 5.96. The standard InChI is InChI=1S/C14H20N4S/c1-10-4-2-3-5-11(10)8-13-17-14(19-18-13)9-12(16)6-7-15/h2-5,12H,6-9,15-16H2,1H3. The van der Waals surface area contributed by atoms with Gasteiger partial charge in [0.1, 0.15) is 10.8 Å². The van der Waals surface area contributed by atoms with E-state index in [1.807, 2.05) is 12.1 Å². The van der Waals surface area contributed by atoms with Gasteiger partial charge in [-0.05, 0) is 42.5 Å². The van der Waals surface area contributed by atoms with Crippen LogP contribution >= 0.6 is 11.5 Å². The van der Waals surface area contributed by atoms with Crippen molar-refractivity contribution in [3.63, 3.8) is 0 Å². The SMILES string of the molecule is Cc1ccccc1Cc1nsc(CC(N)CCN)n1. The van der Waals surface area contributed by atoms with Crippen molar-refractivity contribution < 1.29 is 0 Å². The van der Waals surface area contributed by atoms with Crippen molar-refractivity contribution in [2.45, 2.75) is 32.2 Å². The van der Waals surface area contributed by atoms with Gasteiger partial charge in [-0.15, -0.1) is 0 Å². The van der Waals surface area contributed by atoms with E-state index in [-0.39, 0.29) is 6.04 Å². The van der Waals surface area contributed by atoms with Gasteiger partial charge in [-0.2, -0.15) is 4.37 Å². The molecule has 0 aliphatic rings. The van der Waals surface area contributed by atoms with E-state index in [4.69, 9.17) is 11.5 Å². The Labute approximate surface area is 118 Å². The molecule has 5 heteroatoms. The van der Waals surface area contributed by atoms with Gasteiger partial charge in [0.25, 0.3) is 0 Å². The number of hydrogen-bond donors (Lipinski definition) is 2. The molecule has 0 aliphatic carbocycles. The normalized spacial score (nSPS) is 12.6. The molecule has 102 valence electrons. The molecule has 2 aromatic rings. The summed E-state index contributed by atoms with van der Waals surface area (Å²) in [6.45, 7) is 2.73. The van der Waals surface area contributed by atoms with Crippen LogP contribution < -0.4 is 11.5 Å². The average molecular weight is 276 g/mol. The lowest BCUT2D eigenvalue weighted by Crippen LogP contribution is -2.25. The lowest BCUT2D eigenvalue weighted by atomic mass is 10.1. The fourth-order valence-electron chi connectivity index (χ4n) is 1.96. The van der Waals surface area contributed by atoms with Gasteiger partial charge in [0.2, 0.25) is 0 Å². The minimum atomic E-state index is 0.0873. The van der Waals surface area contributed by atoms with Crippen LogP contribution in [0.5, 0.6) is 0 Å². The second-order valence-electron chi connectivity index (χ2n) is 4.75. The third-order valence-electron chi connectivity index (χ3n) is 3.09. The highest BCUT2D eigenvalue weighted by molar-refractivity contribution is 7.05. The van der Waals surface area contributed by atoms with E-state index in [1.54, 1.807) is 0 Å². The Morgan fingerprint density at radius 1 is 1.32 bits per heavy atom. The quantitative estimate of drug-likeness (QED) is 0.841. The van der Waals surface area contributed by atoms with Gasteiger partial charge >= 0.3 is 0 Å². The van der Waals surface area contributed by atoms with Gasteiger partial charge in [-0.3, -0.25) is 0 Å². The van der Waals surface area contributed by atoms with E-state index in [0.717, 1.165) is 30.1 Å². The topological polar surface area (TPSA) is 77.8 Å². The van der Waals surface area contributed by atoms with Gasteiger partial charge in [-0.1, -0.05) is 24.3 Å². The summed E-state index contributed by atoms with van der Waals surface area (Å²) in [6.07, 6.45) is 2.38. The molecule has 1 aromatic carbocycles. The van der Waals surface area contributed by atoms with E-state index in [0.29, 0.717) is 6.54 Å². The molecular weight excluding hydrogens is 256 g/mol. The largest absolute Gasteiger partial charge is 0.330 e. The molecular formula is C14H20N4S. The van der Waals surface area contributed by atoms with Crippen LogP contribution in [-0.4, -0.2) is 21.9 Å². The predicted octanol–water partition coefficient (Wildman–Crippen LogP) is 1.66. The third-order valence-corrected chi connectivity index (χ3v) is 3.86. The lowest BCUT2D eigenvalue weighted by Gasteiger charge is -2.06. The summed E-state index contributed by atoms with van der Waals surface area (Å²) in [5, 5.41) is 1.00. The number of nitrogens with two attached hydrogens (primary N) is 2. The van der Waals surface area contributed by atoms with Crippen molar-refractivity contribution in [1.82, 2.24) is 9.36 Å². The van der Waals surface area contributed by atoms with Gasteiger partial charge in [-0.25, -0.2) is 4.98 Å². The van der Waals surface area contributed by atoms with Crippen LogP contribution in [0.4, 0.5) is 0 Å². The van der Waals surface area contributed by atoms with E-state index >= 15 is 0 Å². The summed E-state index contributed by atoms with van der Waals surface area (Å²) < 4.78 is 4.41. The molecule has 1 unspecified atom stereocenters. The number of benzene rings is 1. The molecule has 0 bridgehead atoms. The maximum Gasteiger partial charge on any atom is 0.146 e. The first kappa shape index (κ1) is 14.1. The smallest absolute Gasteiger partial charge is 0.146 e. The zero-order valence-corrected chi connectivity index (χ0v) is 12.0. The van der Waals surface area contributed by atoms with Crippen LogP contribution in [0.2, 0.25) is 0 Å². The number of nitrogens with zero attached hydrogens (tertiary/aromatic N) is 2. The number of aryl methyl sites for hydroxylation is 1. The molecule has 0 fully saturated rings. The fourth-order valence-corrected chi connectivity index (χ4v) is 2.71. The van der Waals surface area contributed by atoms with Crippen LogP contribution in [0.1, 0.15) is 28.4 Å². The van der Waals surface area contributed by atoms with Crippen molar-refractivity contribution in [1.29, 1.82) is 0 Å². The summed E-state index contributed by atoms with van der Waals surface area (Å²) in [4.78, 5) is 4.56. The molecule has 19 heavy (non-hydrogen) atoms. The van der Waals surface area contributed by atoms with Crippen LogP contribution in [0.15, 0.2) is 24.3 Å². The zero-order chi connectivity index (χ0) is 13.7. The second-order valence-corrected chi connectivity index (χ2v) is 5.59. The number of rotatable bonds is 6. The van der Waals surface area contributed by atoms with Crippen LogP contribution in [0.3, 0.4) is 0 Å². The molecule has 2 rings (SSSR count). The van der Waals surface area contributed by atoms with Crippen molar-refractivity contribution in [3.8, 4) is 0 Å². The van der Waals surface area contributed by atoms with E-state index < -0.39 is 0 Å². The average Bonchev–Trinajstić information content (AvgIpc) is 2.80. The Kier molecular flexibility index (Phi) is 5.01. The van der Waals surface area contributed by atoms with Gasteiger partial charge in [0, 0.05) is 18.9 Å². The highest BCUT2D eigenvalue weighted by atomic mass is 32.1. The number of hydrogen-bond acceptors (Lipinski definition) is 5. The minimum absolute atomic E-state index is 0.0873. The van der Waals surface area contributed by atoms with E-state index in [1.165, 1.54) is 22.7 Å². The Morgan fingerprint density at radius 3 is 2.84 bits per heavy atom. The van der Waals surface area contributed by atoms with Crippen LogP contribution in [0.25, 0.3) is 0 Å². The molecule has 4 N–H and O–H groups in total. The molecule has 0 saturated heterocycles. The first-order valence-corrected chi connectivity index (χ1v) is 7.28. The Bertz CT molecular complexity index is 524. The number of aromatic nitrogens is 2. The minimum Gasteiger partial charge on any atom is -0.330 e. The summed E-state index contributed by atoms with van der Waals surface area (Å²) in [5.41, 5.74) is 14.0. The van der Waals surface area contributed by atoms with Crippen molar-refractivity contribution >= 4 is 11.5 Å². The molecule has 1 heterocycles. The Balaban J connectivity index is 2.00. The maximum absolute atomic E-state index is 5.96. The van der Waals surface area contributed by atoms with Gasteiger partial charge in [0.15, 0.2) is 0 Å². The molecule has 0 radical (unpaired) electrons. The van der Waals surface area contributed by atoms with Crippen LogP contribution in [-0.2, 0) is 12.8 Å². The second kappa shape index (κ2) is 6.75. The van der Waals surface area contributed by atoms with Gasteiger partial charge in [0.05, 0.1) is 0 Å². The van der Waals surface area contributed by atoms with E-state index in [2.05, 4.69) is 28.4 Å². The molecule has 4 nitrogen and oxygen atoms in total. The Morgan fingerprint density at radius 2 is 2.11 bits per heavy atom. The molecule has 1 atom stereocenters. The van der Waals surface area contributed by atoms with Gasteiger partial charge < -0.3 is 11.5 Å². The molecule has 0 spiro atoms. The predicted molar refractivity (Wildman–Crippen MR) is 79.2 cm³/mol. The molecule has 0 saturated carbocycles. The van der Waals surface area contributed by atoms with Crippen molar-refractivity contribution in [2.24, 2.45) is 11.5 Å². The van der Waals surface area contributed by atoms with Crippen molar-refractivity contribution in [2.75, 3.05) is 6.54 Å². The highest BCUT2D eigenvalue weighted by Gasteiger charge is 2.10. The lowest BCUT2D eigenvalue weighted by molar-refractivity contribution is 0.616.